The molecule has 2 fully saturated rings. The zero-order valence-electron chi connectivity index (χ0n) is 10.7. The fourth-order valence-electron chi connectivity index (χ4n) is 2.84. The summed E-state index contributed by atoms with van der Waals surface area (Å²) in [6.07, 6.45) is 5.87. The minimum Gasteiger partial charge on any atom is -0.314 e. The predicted molar refractivity (Wildman–Crippen MR) is 69.9 cm³/mol. The van der Waals surface area contributed by atoms with E-state index in [2.05, 4.69) is 17.3 Å². The molecule has 100 valence electrons. The lowest BCUT2D eigenvalue weighted by atomic mass is 10.0. The molecule has 2 rings (SSSR count). The van der Waals surface area contributed by atoms with E-state index in [1.165, 1.54) is 19.3 Å². The SMILES string of the molecule is CN(CCC1CCCCN1)C1CCS(=O)(=O)C1. The van der Waals surface area contributed by atoms with Gasteiger partial charge in [0.05, 0.1) is 11.5 Å². The van der Waals surface area contributed by atoms with Crippen LogP contribution in [-0.2, 0) is 9.84 Å². The Bertz CT molecular complexity index is 336. The zero-order chi connectivity index (χ0) is 12.3. The molecule has 0 radical (unpaired) electrons. The molecule has 2 aliphatic heterocycles. The van der Waals surface area contributed by atoms with Gasteiger partial charge in [0, 0.05) is 12.1 Å². The summed E-state index contributed by atoms with van der Waals surface area (Å²) in [6.45, 7) is 2.16. The fourth-order valence-corrected chi connectivity index (χ4v) is 4.64. The molecular weight excluding hydrogens is 236 g/mol. The lowest BCUT2D eigenvalue weighted by Gasteiger charge is -2.28. The lowest BCUT2D eigenvalue weighted by Crippen LogP contribution is -2.39. The second kappa shape index (κ2) is 5.67. The molecule has 2 atom stereocenters. The van der Waals surface area contributed by atoms with Crippen LogP contribution in [0.15, 0.2) is 0 Å². The van der Waals surface area contributed by atoms with Gasteiger partial charge in [-0.05, 0) is 45.8 Å². The average molecular weight is 260 g/mol. The molecule has 0 aromatic rings. The molecule has 4 nitrogen and oxygen atoms in total. The molecule has 0 aliphatic carbocycles. The van der Waals surface area contributed by atoms with E-state index in [4.69, 9.17) is 0 Å². The van der Waals surface area contributed by atoms with Gasteiger partial charge < -0.3 is 10.2 Å². The molecule has 1 N–H and O–H groups in total. The summed E-state index contributed by atoms with van der Waals surface area (Å²) < 4.78 is 22.8. The maximum Gasteiger partial charge on any atom is 0.151 e. The van der Waals surface area contributed by atoms with Gasteiger partial charge in [0.25, 0.3) is 0 Å². The molecule has 5 heteroatoms. The van der Waals surface area contributed by atoms with Crippen molar-refractivity contribution < 1.29 is 8.42 Å². The minimum absolute atomic E-state index is 0.253. The van der Waals surface area contributed by atoms with Crippen molar-refractivity contribution in [3.63, 3.8) is 0 Å². The van der Waals surface area contributed by atoms with Crippen LogP contribution >= 0.6 is 0 Å². The maximum atomic E-state index is 11.4. The monoisotopic (exact) mass is 260 g/mol. The number of nitrogens with zero attached hydrogens (tertiary/aromatic N) is 1. The molecule has 0 bridgehead atoms. The summed E-state index contributed by atoms with van der Waals surface area (Å²) >= 11 is 0. The molecule has 2 aliphatic rings. The molecule has 0 aromatic carbocycles. The van der Waals surface area contributed by atoms with Crippen LogP contribution in [0.5, 0.6) is 0 Å². The Labute approximate surface area is 105 Å². The molecule has 2 unspecified atom stereocenters. The first-order chi connectivity index (χ1) is 8.07. The van der Waals surface area contributed by atoms with Gasteiger partial charge in [0.1, 0.15) is 0 Å². The van der Waals surface area contributed by atoms with Gasteiger partial charge in [-0.2, -0.15) is 0 Å². The van der Waals surface area contributed by atoms with Crippen molar-refractivity contribution in [2.75, 3.05) is 31.6 Å². The summed E-state index contributed by atoms with van der Waals surface area (Å²) in [4.78, 5) is 2.24. The largest absolute Gasteiger partial charge is 0.314 e. The standard InChI is InChI=1S/C12H24N2O2S/c1-14(12-6-9-17(15,16)10-12)8-5-11-4-2-3-7-13-11/h11-13H,2-10H2,1H3. The topological polar surface area (TPSA) is 49.4 Å². The van der Waals surface area contributed by atoms with Gasteiger partial charge in [-0.3, -0.25) is 0 Å². The quantitative estimate of drug-likeness (QED) is 0.806. The molecule has 17 heavy (non-hydrogen) atoms. The van der Waals surface area contributed by atoms with E-state index in [1.807, 2.05) is 0 Å². The molecular formula is C12H24N2O2S. The Morgan fingerprint density at radius 1 is 1.29 bits per heavy atom. The van der Waals surface area contributed by atoms with Crippen LogP contribution in [0.2, 0.25) is 0 Å². The Kier molecular flexibility index (Phi) is 4.44. The molecule has 2 saturated heterocycles. The average Bonchev–Trinajstić information content (AvgIpc) is 2.68. The number of hydrogen-bond donors (Lipinski definition) is 1. The summed E-state index contributed by atoms with van der Waals surface area (Å²) in [7, 11) is -0.677. The normalized spacial score (nSPS) is 33.1. The van der Waals surface area contributed by atoms with E-state index in [0.717, 1.165) is 25.9 Å². The van der Waals surface area contributed by atoms with Crippen molar-refractivity contribution in [3.8, 4) is 0 Å². The van der Waals surface area contributed by atoms with Crippen LogP contribution in [0.4, 0.5) is 0 Å². The second-order valence-corrected chi connectivity index (χ2v) is 7.70. The van der Waals surface area contributed by atoms with Gasteiger partial charge in [-0.25, -0.2) is 8.42 Å². The zero-order valence-corrected chi connectivity index (χ0v) is 11.5. The van der Waals surface area contributed by atoms with E-state index in [9.17, 15) is 8.42 Å². The van der Waals surface area contributed by atoms with Crippen LogP contribution < -0.4 is 5.32 Å². The molecule has 0 saturated carbocycles. The highest BCUT2D eigenvalue weighted by molar-refractivity contribution is 7.91. The maximum absolute atomic E-state index is 11.4. The highest BCUT2D eigenvalue weighted by atomic mass is 32.2. The number of piperidine rings is 1. The Balaban J connectivity index is 1.72. The van der Waals surface area contributed by atoms with Crippen molar-refractivity contribution in [1.29, 1.82) is 0 Å². The summed E-state index contributed by atoms with van der Waals surface area (Å²) in [5.74, 6) is 0.741. The Morgan fingerprint density at radius 2 is 2.12 bits per heavy atom. The van der Waals surface area contributed by atoms with E-state index in [0.29, 0.717) is 17.5 Å². The highest BCUT2D eigenvalue weighted by Gasteiger charge is 2.30. The van der Waals surface area contributed by atoms with Crippen molar-refractivity contribution in [2.24, 2.45) is 0 Å². The van der Waals surface area contributed by atoms with E-state index in [1.54, 1.807) is 0 Å². The number of rotatable bonds is 4. The number of sulfone groups is 1. The van der Waals surface area contributed by atoms with Gasteiger partial charge in [0.15, 0.2) is 9.84 Å². The summed E-state index contributed by atoms with van der Waals surface area (Å²) in [5, 5.41) is 3.54. The third kappa shape index (κ3) is 3.93. The Hall–Kier alpha value is -0.130. The summed E-state index contributed by atoms with van der Waals surface area (Å²) in [5.41, 5.74) is 0. The van der Waals surface area contributed by atoms with Crippen molar-refractivity contribution in [1.82, 2.24) is 10.2 Å². The first-order valence-electron chi connectivity index (χ1n) is 6.71. The Morgan fingerprint density at radius 3 is 2.71 bits per heavy atom. The first kappa shape index (κ1) is 13.3. The smallest absolute Gasteiger partial charge is 0.151 e. The molecule has 0 aromatic heterocycles. The first-order valence-corrected chi connectivity index (χ1v) is 8.53. The third-order valence-electron chi connectivity index (χ3n) is 4.07. The van der Waals surface area contributed by atoms with Crippen LogP contribution in [0.3, 0.4) is 0 Å². The van der Waals surface area contributed by atoms with Crippen LogP contribution in [-0.4, -0.2) is 57.0 Å². The molecule has 0 spiro atoms. The van der Waals surface area contributed by atoms with E-state index >= 15 is 0 Å². The van der Waals surface area contributed by atoms with Crippen LogP contribution in [0.25, 0.3) is 0 Å². The van der Waals surface area contributed by atoms with E-state index in [-0.39, 0.29) is 6.04 Å². The third-order valence-corrected chi connectivity index (χ3v) is 5.82. The molecule has 0 amide bonds. The highest BCUT2D eigenvalue weighted by Crippen LogP contribution is 2.18. The van der Waals surface area contributed by atoms with Crippen molar-refractivity contribution in [2.45, 2.75) is 44.2 Å². The van der Waals surface area contributed by atoms with Gasteiger partial charge in [0.2, 0.25) is 0 Å². The van der Waals surface area contributed by atoms with E-state index < -0.39 is 9.84 Å². The van der Waals surface area contributed by atoms with Crippen LogP contribution in [0, 0.1) is 0 Å². The van der Waals surface area contributed by atoms with Gasteiger partial charge in [-0.15, -0.1) is 0 Å². The van der Waals surface area contributed by atoms with Crippen molar-refractivity contribution in [3.05, 3.63) is 0 Å². The lowest BCUT2D eigenvalue weighted by molar-refractivity contribution is 0.237. The van der Waals surface area contributed by atoms with Crippen LogP contribution in [0.1, 0.15) is 32.1 Å². The minimum atomic E-state index is -2.74. The van der Waals surface area contributed by atoms with Gasteiger partial charge >= 0.3 is 0 Å². The predicted octanol–water partition coefficient (Wildman–Crippen LogP) is 0.638. The fraction of sp³-hybridized carbons (Fsp3) is 1.00. The number of hydrogen-bond acceptors (Lipinski definition) is 4. The van der Waals surface area contributed by atoms with Gasteiger partial charge in [-0.1, -0.05) is 6.42 Å². The second-order valence-electron chi connectivity index (χ2n) is 5.47. The number of nitrogens with one attached hydrogen (secondary N) is 1. The summed E-state index contributed by atoms with van der Waals surface area (Å²) in [6, 6.07) is 0.896. The van der Waals surface area contributed by atoms with Crippen molar-refractivity contribution >= 4 is 9.84 Å². The molecule has 2 heterocycles.